The highest BCUT2D eigenvalue weighted by atomic mass is 35.5. The van der Waals surface area contributed by atoms with Crippen molar-refractivity contribution in [2.24, 2.45) is 5.92 Å². The van der Waals surface area contributed by atoms with E-state index in [1.807, 2.05) is 13.8 Å². The van der Waals surface area contributed by atoms with E-state index in [-0.39, 0.29) is 55.9 Å². The molecule has 2 N–H and O–H groups in total. The smallest absolute Gasteiger partial charge is 0.387 e. The average Bonchev–Trinajstić information content (AvgIpc) is 2.58. The van der Waals surface area contributed by atoms with Crippen LogP contribution in [0.1, 0.15) is 44.8 Å². The number of halogens is 6. The first-order chi connectivity index (χ1) is 12.5. The molecular formula is C18H27Cl2F4N3O2. The highest BCUT2D eigenvalue weighted by Gasteiger charge is 2.43. The topological polar surface area (TPSA) is 65.5 Å². The first-order valence-electron chi connectivity index (χ1n) is 8.87. The van der Waals surface area contributed by atoms with E-state index in [2.05, 4.69) is 10.3 Å². The van der Waals surface area contributed by atoms with Crippen molar-refractivity contribution in [2.75, 3.05) is 19.6 Å². The van der Waals surface area contributed by atoms with Gasteiger partial charge in [0.2, 0.25) is 0 Å². The van der Waals surface area contributed by atoms with Crippen molar-refractivity contribution in [2.45, 2.75) is 50.9 Å². The summed E-state index contributed by atoms with van der Waals surface area (Å²) >= 11 is 0. The van der Waals surface area contributed by atoms with Gasteiger partial charge in [-0.3, -0.25) is 9.78 Å². The van der Waals surface area contributed by atoms with Gasteiger partial charge in [-0.1, -0.05) is 0 Å². The summed E-state index contributed by atoms with van der Waals surface area (Å²) in [7, 11) is 0. The number of hydrogen-bond donors (Lipinski definition) is 2. The van der Waals surface area contributed by atoms with E-state index in [1.54, 1.807) is 0 Å². The average molecular weight is 464 g/mol. The molecule has 1 aromatic heterocycles. The molecule has 1 aromatic rings. The minimum absolute atomic E-state index is 0. The van der Waals surface area contributed by atoms with Crippen LogP contribution in [0.2, 0.25) is 0 Å². The molecule has 1 aliphatic rings. The molecule has 0 spiro atoms. The second-order valence-electron chi connectivity index (χ2n) is 7.65. The highest BCUT2D eigenvalue weighted by molar-refractivity contribution is 5.85. The molecule has 1 aliphatic heterocycles. The van der Waals surface area contributed by atoms with Crippen LogP contribution in [-0.4, -0.2) is 52.2 Å². The predicted octanol–water partition coefficient (Wildman–Crippen LogP) is 3.66. The number of β-amino-alcohol motifs (C(OH)–C–C–N with tert-alkyl or cyclic N) is 1. The lowest BCUT2D eigenvalue weighted by Crippen LogP contribution is -2.48. The third-order valence-electron chi connectivity index (χ3n) is 4.83. The summed E-state index contributed by atoms with van der Waals surface area (Å²) in [6, 6.07) is 1.22. The van der Waals surface area contributed by atoms with Crippen LogP contribution in [0.4, 0.5) is 17.6 Å². The lowest BCUT2D eigenvalue weighted by Gasteiger charge is -2.37. The molecule has 1 saturated heterocycles. The van der Waals surface area contributed by atoms with E-state index in [1.165, 1.54) is 12.3 Å². The Hall–Kier alpha value is -1.16. The van der Waals surface area contributed by atoms with Gasteiger partial charge in [0.1, 0.15) is 5.82 Å². The van der Waals surface area contributed by atoms with Gasteiger partial charge in [0.15, 0.2) is 0 Å². The first-order valence-corrected chi connectivity index (χ1v) is 8.87. The molecule has 2 rings (SSSR count). The van der Waals surface area contributed by atoms with Gasteiger partial charge in [0.05, 0.1) is 12.3 Å². The van der Waals surface area contributed by atoms with Gasteiger partial charge < -0.3 is 15.3 Å². The first kappa shape index (κ1) is 27.8. The fraction of sp³-hybridized carbons (Fsp3) is 0.667. The number of likely N-dealkylation sites (tertiary alicyclic amines) is 1. The Bertz CT molecular complexity index is 654. The maximum absolute atomic E-state index is 13.2. The summed E-state index contributed by atoms with van der Waals surface area (Å²) in [5, 5.41) is 13.4. The molecule has 0 aromatic carbocycles. The van der Waals surface area contributed by atoms with Crippen molar-refractivity contribution in [3.05, 3.63) is 29.8 Å². The van der Waals surface area contributed by atoms with Crippen molar-refractivity contribution in [3.8, 4) is 0 Å². The van der Waals surface area contributed by atoms with Crippen LogP contribution in [0.3, 0.4) is 0 Å². The molecule has 11 heteroatoms. The van der Waals surface area contributed by atoms with E-state index in [0.29, 0.717) is 24.8 Å². The summed E-state index contributed by atoms with van der Waals surface area (Å²) in [5.74, 6) is -2.12. The van der Waals surface area contributed by atoms with Gasteiger partial charge >= 0.3 is 12.1 Å². The Labute approximate surface area is 180 Å². The number of carbonyl (C=O) groups is 1. The van der Waals surface area contributed by atoms with E-state index in [0.717, 1.165) is 11.1 Å². The van der Waals surface area contributed by atoms with E-state index in [9.17, 15) is 27.5 Å². The van der Waals surface area contributed by atoms with Crippen molar-refractivity contribution in [1.82, 2.24) is 15.2 Å². The maximum atomic E-state index is 13.2. The number of nitrogens with one attached hydrogen (secondary N) is 1. The van der Waals surface area contributed by atoms with Gasteiger partial charge in [0, 0.05) is 36.9 Å². The van der Waals surface area contributed by atoms with E-state index < -0.39 is 24.0 Å². The van der Waals surface area contributed by atoms with Gasteiger partial charge in [-0.2, -0.15) is 13.2 Å². The number of nitrogens with zero attached hydrogens (tertiary/aromatic N) is 2. The van der Waals surface area contributed by atoms with Crippen molar-refractivity contribution >= 4 is 30.7 Å². The lowest BCUT2D eigenvalue weighted by molar-refractivity contribution is -0.186. The predicted molar refractivity (Wildman–Crippen MR) is 106 cm³/mol. The zero-order chi connectivity index (χ0) is 20.2. The number of rotatable bonds is 6. The second kappa shape index (κ2) is 11.3. The molecule has 1 amide bonds. The molecule has 0 unspecified atom stereocenters. The van der Waals surface area contributed by atoms with Crippen LogP contribution in [0.5, 0.6) is 0 Å². The van der Waals surface area contributed by atoms with E-state index >= 15 is 0 Å². The van der Waals surface area contributed by atoms with Crippen LogP contribution >= 0.6 is 24.8 Å². The van der Waals surface area contributed by atoms with Gasteiger partial charge in [-0.05, 0) is 45.1 Å². The Kier molecular flexibility index (Phi) is 10.8. The quantitative estimate of drug-likeness (QED) is 0.631. The molecule has 0 radical (unpaired) electrons. The molecule has 0 bridgehead atoms. The van der Waals surface area contributed by atoms with Crippen molar-refractivity contribution in [3.63, 3.8) is 0 Å². The molecule has 5 nitrogen and oxygen atoms in total. The number of alkyl halides is 3. The fourth-order valence-corrected chi connectivity index (χ4v) is 3.41. The molecule has 0 aliphatic carbocycles. The Morgan fingerprint density at radius 2 is 1.86 bits per heavy atom. The number of aliphatic hydroxyl groups excluding tert-OH is 1. The Balaban J connectivity index is 0.00000392. The Morgan fingerprint density at radius 1 is 1.28 bits per heavy atom. The normalized spacial score (nSPS) is 16.6. The van der Waals surface area contributed by atoms with Gasteiger partial charge in [-0.15, -0.1) is 24.8 Å². The number of hydrogen-bond acceptors (Lipinski definition) is 4. The maximum Gasteiger partial charge on any atom is 0.471 e. The minimum Gasteiger partial charge on any atom is -0.387 e. The standard InChI is InChI=1S/C18H25F4N3O2.2ClH/c1-17(2,24-11-15(26)13-7-14(19)10-23-9-13)8-12-3-5-25(6-4-12)16(27)18(20,21)22;;/h7,9-10,12,15,24,26H,3-6,8,11H2,1-2H3;2*1H/t15-;;/m0../s1. The molecular weight excluding hydrogens is 437 g/mol. The van der Waals surface area contributed by atoms with Crippen molar-refractivity contribution < 1.29 is 27.5 Å². The molecule has 1 fully saturated rings. The monoisotopic (exact) mass is 463 g/mol. The number of pyridine rings is 1. The van der Waals surface area contributed by atoms with Crippen LogP contribution < -0.4 is 5.32 Å². The Morgan fingerprint density at radius 3 is 2.38 bits per heavy atom. The summed E-state index contributed by atoms with van der Waals surface area (Å²) in [6.45, 7) is 4.27. The summed E-state index contributed by atoms with van der Waals surface area (Å²) in [4.78, 5) is 15.8. The van der Waals surface area contributed by atoms with Gasteiger partial charge in [0.25, 0.3) is 0 Å². The molecule has 29 heavy (non-hydrogen) atoms. The number of carbonyl (C=O) groups excluding carboxylic acids is 1. The molecule has 168 valence electrons. The number of aliphatic hydroxyl groups is 1. The molecule has 2 heterocycles. The fourth-order valence-electron chi connectivity index (χ4n) is 3.41. The number of piperidine rings is 1. The van der Waals surface area contributed by atoms with Crippen LogP contribution in [0.25, 0.3) is 0 Å². The lowest BCUT2D eigenvalue weighted by atomic mass is 9.84. The SMILES string of the molecule is CC(C)(CC1CCN(C(=O)C(F)(F)F)CC1)NC[C@H](O)c1cncc(F)c1.Cl.Cl. The summed E-state index contributed by atoms with van der Waals surface area (Å²) < 4.78 is 50.7. The zero-order valence-corrected chi connectivity index (χ0v) is 17.8. The van der Waals surface area contributed by atoms with Gasteiger partial charge in [-0.25, -0.2) is 4.39 Å². The largest absolute Gasteiger partial charge is 0.471 e. The number of aromatic nitrogens is 1. The minimum atomic E-state index is -4.82. The zero-order valence-electron chi connectivity index (χ0n) is 16.2. The number of amides is 1. The van der Waals surface area contributed by atoms with Crippen LogP contribution in [0.15, 0.2) is 18.5 Å². The molecule has 0 saturated carbocycles. The summed E-state index contributed by atoms with van der Waals surface area (Å²) in [5.41, 5.74) is 0.0000590. The molecule has 1 atom stereocenters. The van der Waals surface area contributed by atoms with Crippen molar-refractivity contribution in [1.29, 1.82) is 0 Å². The third-order valence-corrected chi connectivity index (χ3v) is 4.83. The third kappa shape index (κ3) is 8.62. The van der Waals surface area contributed by atoms with Crippen LogP contribution in [-0.2, 0) is 4.79 Å². The van der Waals surface area contributed by atoms with Crippen LogP contribution in [0, 0.1) is 11.7 Å². The highest BCUT2D eigenvalue weighted by Crippen LogP contribution is 2.29. The second-order valence-corrected chi connectivity index (χ2v) is 7.65. The van der Waals surface area contributed by atoms with E-state index in [4.69, 9.17) is 0 Å². The summed E-state index contributed by atoms with van der Waals surface area (Å²) in [6.07, 6.45) is -1.59.